The lowest BCUT2D eigenvalue weighted by Gasteiger charge is -2.08. The van der Waals surface area contributed by atoms with Gasteiger partial charge in [0.05, 0.1) is 11.1 Å². The molecule has 2 N–H and O–H groups in total. The number of carbonyl (C=O) groups is 2. The van der Waals surface area contributed by atoms with Gasteiger partial charge in [-0.2, -0.15) is 0 Å². The average molecular weight is 333 g/mol. The van der Waals surface area contributed by atoms with Crippen molar-refractivity contribution in [3.63, 3.8) is 0 Å². The molecule has 0 spiro atoms. The van der Waals surface area contributed by atoms with Gasteiger partial charge in [-0.1, -0.05) is 19.4 Å². The molecule has 1 aromatic carbocycles. The van der Waals surface area contributed by atoms with Crippen molar-refractivity contribution in [2.24, 2.45) is 0 Å². The Bertz CT molecular complexity index is 730. The number of pyridine rings is 1. The van der Waals surface area contributed by atoms with E-state index in [0.717, 1.165) is 25.0 Å². The number of rotatable bonds is 6. The number of halogens is 2. The van der Waals surface area contributed by atoms with E-state index in [4.69, 9.17) is 0 Å². The van der Waals surface area contributed by atoms with Gasteiger partial charge in [0.25, 0.3) is 11.8 Å². The van der Waals surface area contributed by atoms with Crippen molar-refractivity contribution in [2.45, 2.75) is 19.8 Å². The number of nitrogens with one attached hydrogen (secondary N) is 2. The number of benzene rings is 1. The van der Waals surface area contributed by atoms with Gasteiger partial charge in [-0.25, -0.2) is 8.78 Å². The number of hydrogen-bond donors (Lipinski definition) is 2. The normalized spacial score (nSPS) is 10.3. The molecule has 5 nitrogen and oxygen atoms in total. The Morgan fingerprint density at radius 3 is 2.33 bits per heavy atom. The Kier molecular flexibility index (Phi) is 5.95. The molecule has 0 fully saturated rings. The molecular formula is C17H17F2N3O2. The largest absolute Gasteiger partial charge is 0.352 e. The molecule has 1 heterocycles. The van der Waals surface area contributed by atoms with Gasteiger partial charge >= 0.3 is 0 Å². The van der Waals surface area contributed by atoms with Crippen LogP contribution in [0.3, 0.4) is 0 Å². The molecule has 24 heavy (non-hydrogen) atoms. The van der Waals surface area contributed by atoms with E-state index in [1.165, 1.54) is 24.5 Å². The van der Waals surface area contributed by atoms with E-state index in [1.807, 2.05) is 6.92 Å². The van der Waals surface area contributed by atoms with Crippen LogP contribution in [0, 0.1) is 11.6 Å². The summed E-state index contributed by atoms with van der Waals surface area (Å²) in [6.45, 7) is 2.52. The molecule has 0 aliphatic heterocycles. The molecule has 7 heteroatoms. The van der Waals surface area contributed by atoms with Crippen LogP contribution >= 0.6 is 0 Å². The number of anilines is 1. The third kappa shape index (κ3) is 4.34. The van der Waals surface area contributed by atoms with Crippen molar-refractivity contribution in [2.75, 3.05) is 11.9 Å². The maximum Gasteiger partial charge on any atom is 0.257 e. The summed E-state index contributed by atoms with van der Waals surface area (Å²) in [6.07, 6.45) is 4.32. The van der Waals surface area contributed by atoms with Gasteiger partial charge in [0, 0.05) is 18.9 Å². The van der Waals surface area contributed by atoms with Gasteiger partial charge in [0.15, 0.2) is 0 Å². The molecule has 0 bridgehead atoms. The molecule has 0 aliphatic carbocycles. The molecule has 126 valence electrons. The first kappa shape index (κ1) is 17.5. The van der Waals surface area contributed by atoms with Gasteiger partial charge in [-0.05, 0) is 24.6 Å². The molecule has 0 saturated carbocycles. The fraction of sp³-hybridized carbons (Fsp3) is 0.235. The van der Waals surface area contributed by atoms with Crippen molar-refractivity contribution in [1.82, 2.24) is 10.3 Å². The highest BCUT2D eigenvalue weighted by Gasteiger charge is 2.15. The van der Waals surface area contributed by atoms with Crippen LogP contribution in [-0.4, -0.2) is 23.3 Å². The van der Waals surface area contributed by atoms with E-state index in [-0.39, 0.29) is 17.0 Å². The number of amides is 2. The second-order valence-electron chi connectivity index (χ2n) is 5.12. The van der Waals surface area contributed by atoms with Crippen molar-refractivity contribution in [3.05, 3.63) is 59.4 Å². The summed E-state index contributed by atoms with van der Waals surface area (Å²) < 4.78 is 27.1. The Morgan fingerprint density at radius 1 is 1.08 bits per heavy atom. The number of unbranched alkanes of at least 4 members (excludes halogenated alkanes) is 1. The summed E-state index contributed by atoms with van der Waals surface area (Å²) in [5.74, 6) is -2.88. The minimum atomic E-state index is -0.884. The van der Waals surface area contributed by atoms with Crippen molar-refractivity contribution < 1.29 is 18.4 Å². The third-order valence-electron chi connectivity index (χ3n) is 3.28. The first-order valence-electron chi connectivity index (χ1n) is 7.51. The zero-order chi connectivity index (χ0) is 17.5. The first-order valence-corrected chi connectivity index (χ1v) is 7.51. The van der Waals surface area contributed by atoms with E-state index in [9.17, 15) is 18.4 Å². The molecule has 0 saturated heterocycles. The highest BCUT2D eigenvalue weighted by molar-refractivity contribution is 6.05. The number of nitrogens with zero attached hydrogens (tertiary/aromatic N) is 1. The SMILES string of the molecule is CCCCNC(=O)c1cncc(C(=O)Nc2c(F)cccc2F)c1. The van der Waals surface area contributed by atoms with Crippen molar-refractivity contribution in [1.29, 1.82) is 0 Å². The van der Waals surface area contributed by atoms with Crippen LogP contribution in [0.2, 0.25) is 0 Å². The molecule has 1 aromatic heterocycles. The Morgan fingerprint density at radius 2 is 1.71 bits per heavy atom. The maximum absolute atomic E-state index is 13.6. The Balaban J connectivity index is 2.13. The molecule has 0 atom stereocenters. The molecule has 0 unspecified atom stereocenters. The maximum atomic E-state index is 13.6. The average Bonchev–Trinajstić information content (AvgIpc) is 2.58. The lowest BCUT2D eigenvalue weighted by Crippen LogP contribution is -2.25. The summed E-state index contributed by atoms with van der Waals surface area (Å²) in [6, 6.07) is 4.59. The number of aromatic nitrogens is 1. The standard InChI is InChI=1S/C17H17F2N3O2/c1-2-3-7-21-16(23)11-8-12(10-20-9-11)17(24)22-15-13(18)5-4-6-14(15)19/h4-6,8-10H,2-3,7H2,1H3,(H,21,23)(H,22,24). The van der Waals surface area contributed by atoms with Crippen LogP contribution in [0.5, 0.6) is 0 Å². The van der Waals surface area contributed by atoms with Crippen LogP contribution in [0.4, 0.5) is 14.5 Å². The van der Waals surface area contributed by atoms with E-state index in [0.29, 0.717) is 6.54 Å². The molecule has 0 aliphatic rings. The topological polar surface area (TPSA) is 71.1 Å². The fourth-order valence-electron chi connectivity index (χ4n) is 1.97. The van der Waals surface area contributed by atoms with Crippen LogP contribution in [-0.2, 0) is 0 Å². The predicted molar refractivity (Wildman–Crippen MR) is 85.8 cm³/mol. The minimum Gasteiger partial charge on any atom is -0.352 e. The summed E-state index contributed by atoms with van der Waals surface area (Å²) in [4.78, 5) is 27.9. The smallest absolute Gasteiger partial charge is 0.257 e. The number of hydrogen-bond acceptors (Lipinski definition) is 3. The van der Waals surface area contributed by atoms with Crippen LogP contribution in [0.1, 0.15) is 40.5 Å². The van der Waals surface area contributed by atoms with E-state index >= 15 is 0 Å². The predicted octanol–water partition coefficient (Wildman–Crippen LogP) is 3.14. The molecule has 2 amide bonds. The lowest BCUT2D eigenvalue weighted by atomic mass is 10.1. The summed E-state index contributed by atoms with van der Waals surface area (Å²) in [5, 5.41) is 4.86. The lowest BCUT2D eigenvalue weighted by molar-refractivity contribution is 0.0953. The molecular weight excluding hydrogens is 316 g/mol. The zero-order valence-electron chi connectivity index (χ0n) is 13.1. The minimum absolute atomic E-state index is 0.0285. The second-order valence-corrected chi connectivity index (χ2v) is 5.12. The number of para-hydroxylation sites is 1. The molecule has 2 aromatic rings. The fourth-order valence-corrected chi connectivity index (χ4v) is 1.97. The van der Waals surface area contributed by atoms with Gasteiger partial charge in [-0.15, -0.1) is 0 Å². The first-order chi connectivity index (χ1) is 11.5. The van der Waals surface area contributed by atoms with Crippen molar-refractivity contribution >= 4 is 17.5 Å². The van der Waals surface area contributed by atoms with Gasteiger partial charge in [0.1, 0.15) is 17.3 Å². The van der Waals surface area contributed by atoms with Crippen molar-refractivity contribution in [3.8, 4) is 0 Å². The molecule has 2 rings (SSSR count). The highest BCUT2D eigenvalue weighted by Crippen LogP contribution is 2.19. The summed E-state index contributed by atoms with van der Waals surface area (Å²) >= 11 is 0. The van der Waals surface area contributed by atoms with E-state index in [1.54, 1.807) is 0 Å². The van der Waals surface area contributed by atoms with Crippen LogP contribution in [0.25, 0.3) is 0 Å². The van der Waals surface area contributed by atoms with Gasteiger partial charge < -0.3 is 10.6 Å². The van der Waals surface area contributed by atoms with Gasteiger partial charge in [-0.3, -0.25) is 14.6 Å². The van der Waals surface area contributed by atoms with E-state index in [2.05, 4.69) is 15.6 Å². The second kappa shape index (κ2) is 8.14. The molecule has 0 radical (unpaired) electrons. The summed E-state index contributed by atoms with van der Waals surface area (Å²) in [5.41, 5.74) is -0.311. The highest BCUT2D eigenvalue weighted by atomic mass is 19.1. The van der Waals surface area contributed by atoms with E-state index < -0.39 is 23.2 Å². The Hall–Kier alpha value is -2.83. The van der Waals surface area contributed by atoms with Crippen LogP contribution in [0.15, 0.2) is 36.7 Å². The van der Waals surface area contributed by atoms with Gasteiger partial charge in [0.2, 0.25) is 0 Å². The Labute approximate surface area is 138 Å². The zero-order valence-corrected chi connectivity index (χ0v) is 13.1. The summed E-state index contributed by atoms with van der Waals surface area (Å²) in [7, 11) is 0. The number of carbonyl (C=O) groups excluding carboxylic acids is 2. The monoisotopic (exact) mass is 333 g/mol. The van der Waals surface area contributed by atoms with Crippen LogP contribution < -0.4 is 10.6 Å². The third-order valence-corrected chi connectivity index (χ3v) is 3.28. The quantitative estimate of drug-likeness (QED) is 0.798.